The number of hydrogen-bond acceptors (Lipinski definition) is 3. The van der Waals surface area contributed by atoms with Crippen LogP contribution in [0.25, 0.3) is 0 Å². The maximum absolute atomic E-state index is 8.87. The molecule has 3 nitrogen and oxygen atoms in total. The molecule has 0 spiro atoms. The quantitative estimate of drug-likeness (QED) is 0.509. The maximum atomic E-state index is 8.87. The summed E-state index contributed by atoms with van der Waals surface area (Å²) in [6.45, 7) is 4.36. The van der Waals surface area contributed by atoms with Crippen molar-refractivity contribution in [3.63, 3.8) is 0 Å². The van der Waals surface area contributed by atoms with Gasteiger partial charge in [0, 0.05) is 25.2 Å². The normalized spacial score (nSPS) is 36.3. The van der Waals surface area contributed by atoms with E-state index in [0.29, 0.717) is 12.1 Å². The monoisotopic (exact) mass is 144 g/mol. The van der Waals surface area contributed by atoms with Gasteiger partial charge in [0.15, 0.2) is 0 Å². The Hall–Kier alpha value is -0.120. The third kappa shape index (κ3) is 1.68. The molecule has 2 N–H and O–H groups in total. The Bertz CT molecular complexity index is 108. The third-order valence-corrected chi connectivity index (χ3v) is 2.10. The van der Waals surface area contributed by atoms with E-state index in [2.05, 4.69) is 24.2 Å². The van der Waals surface area contributed by atoms with Crippen molar-refractivity contribution in [1.82, 2.24) is 10.2 Å². The van der Waals surface area contributed by atoms with Gasteiger partial charge in [-0.2, -0.15) is 0 Å². The van der Waals surface area contributed by atoms with Gasteiger partial charge in [-0.05, 0) is 14.0 Å². The number of nitrogens with one attached hydrogen (secondary N) is 1. The lowest BCUT2D eigenvalue weighted by Gasteiger charge is -2.35. The molecule has 0 aromatic heterocycles. The second-order valence-corrected chi connectivity index (χ2v) is 3.09. The molecule has 2 unspecified atom stereocenters. The number of rotatable bonds is 1. The average Bonchev–Trinajstić information content (AvgIpc) is 1.88. The fourth-order valence-corrected chi connectivity index (χ4v) is 1.34. The molecule has 2 atom stereocenters. The zero-order chi connectivity index (χ0) is 7.56. The molecule has 0 radical (unpaired) electrons. The van der Waals surface area contributed by atoms with Crippen LogP contribution in [-0.4, -0.2) is 48.8 Å². The summed E-state index contributed by atoms with van der Waals surface area (Å²) in [6, 6.07) is 0.879. The number of hydrogen-bond donors (Lipinski definition) is 2. The first-order valence-electron chi connectivity index (χ1n) is 3.78. The van der Waals surface area contributed by atoms with Gasteiger partial charge < -0.3 is 10.4 Å². The lowest BCUT2D eigenvalue weighted by Crippen LogP contribution is -2.55. The number of nitrogens with zero attached hydrogens (tertiary/aromatic N) is 1. The lowest BCUT2D eigenvalue weighted by atomic mass is 10.1. The van der Waals surface area contributed by atoms with Crippen LogP contribution in [-0.2, 0) is 0 Å². The summed E-state index contributed by atoms with van der Waals surface area (Å²) < 4.78 is 0. The molecule has 1 aliphatic rings. The number of aliphatic hydroxyl groups excluding tert-OH is 1. The molecule has 1 saturated heterocycles. The predicted octanol–water partition coefficient (Wildman–Crippen LogP) is -0.729. The van der Waals surface area contributed by atoms with Gasteiger partial charge in [0.1, 0.15) is 0 Å². The Morgan fingerprint density at radius 1 is 1.70 bits per heavy atom. The maximum Gasteiger partial charge on any atom is 0.0599 e. The van der Waals surface area contributed by atoms with Crippen LogP contribution in [0.1, 0.15) is 6.92 Å². The summed E-state index contributed by atoms with van der Waals surface area (Å²) in [4.78, 5) is 2.20. The van der Waals surface area contributed by atoms with Gasteiger partial charge in [-0.1, -0.05) is 0 Å². The SMILES string of the molecule is CC1CN(C)C(CO)CN1. The molecule has 0 saturated carbocycles. The van der Waals surface area contributed by atoms with Gasteiger partial charge in [0.2, 0.25) is 0 Å². The standard InChI is InChI=1S/C7H16N2O/c1-6-4-9(2)7(5-10)3-8-6/h6-8,10H,3-5H2,1-2H3. The topological polar surface area (TPSA) is 35.5 Å². The molecule has 0 bridgehead atoms. The second kappa shape index (κ2) is 3.32. The van der Waals surface area contributed by atoms with Crippen molar-refractivity contribution in [3.05, 3.63) is 0 Å². The Morgan fingerprint density at radius 3 is 2.90 bits per heavy atom. The summed E-state index contributed by atoms with van der Waals surface area (Å²) in [6.07, 6.45) is 0. The zero-order valence-corrected chi connectivity index (χ0v) is 6.67. The molecule has 1 aliphatic heterocycles. The highest BCUT2D eigenvalue weighted by Gasteiger charge is 2.20. The molecule has 1 heterocycles. The van der Waals surface area contributed by atoms with Gasteiger partial charge in [-0.3, -0.25) is 4.90 Å². The molecule has 3 heteroatoms. The molecule has 0 aromatic carbocycles. The van der Waals surface area contributed by atoms with Crippen molar-refractivity contribution in [3.8, 4) is 0 Å². The van der Waals surface area contributed by atoms with E-state index in [1.165, 1.54) is 0 Å². The number of piperazine rings is 1. The predicted molar refractivity (Wildman–Crippen MR) is 41.0 cm³/mol. The first kappa shape index (κ1) is 7.98. The summed E-state index contributed by atoms with van der Waals surface area (Å²) in [5.41, 5.74) is 0. The average molecular weight is 144 g/mol. The van der Waals surface area contributed by atoms with E-state index in [1.807, 2.05) is 0 Å². The van der Waals surface area contributed by atoms with Crippen LogP contribution in [0, 0.1) is 0 Å². The van der Waals surface area contributed by atoms with E-state index in [0.717, 1.165) is 13.1 Å². The molecule has 1 fully saturated rings. The molecule has 60 valence electrons. The minimum atomic E-state index is 0.260. The van der Waals surface area contributed by atoms with Crippen molar-refractivity contribution in [2.45, 2.75) is 19.0 Å². The van der Waals surface area contributed by atoms with Gasteiger partial charge in [-0.25, -0.2) is 0 Å². The summed E-state index contributed by atoms with van der Waals surface area (Å²) >= 11 is 0. The van der Waals surface area contributed by atoms with Crippen LogP contribution in [0.5, 0.6) is 0 Å². The lowest BCUT2D eigenvalue weighted by molar-refractivity contribution is 0.107. The Balaban J connectivity index is 2.36. The van der Waals surface area contributed by atoms with Crippen LogP contribution in [0.15, 0.2) is 0 Å². The van der Waals surface area contributed by atoms with E-state index in [1.54, 1.807) is 0 Å². The molecular formula is C7H16N2O. The van der Waals surface area contributed by atoms with Gasteiger partial charge in [0.25, 0.3) is 0 Å². The molecule has 1 rings (SSSR count). The Kier molecular flexibility index (Phi) is 2.65. The van der Waals surface area contributed by atoms with Crippen LogP contribution < -0.4 is 5.32 Å². The highest BCUT2D eigenvalue weighted by molar-refractivity contribution is 4.80. The first-order chi connectivity index (χ1) is 4.74. The van der Waals surface area contributed by atoms with Crippen LogP contribution >= 0.6 is 0 Å². The minimum absolute atomic E-state index is 0.260. The van der Waals surface area contributed by atoms with E-state index >= 15 is 0 Å². The van der Waals surface area contributed by atoms with Crippen molar-refractivity contribution in [1.29, 1.82) is 0 Å². The van der Waals surface area contributed by atoms with Crippen molar-refractivity contribution in [2.24, 2.45) is 0 Å². The first-order valence-corrected chi connectivity index (χ1v) is 3.78. The largest absolute Gasteiger partial charge is 0.395 e. The Morgan fingerprint density at radius 2 is 2.40 bits per heavy atom. The summed E-state index contributed by atoms with van der Waals surface area (Å²) in [7, 11) is 2.05. The fraction of sp³-hybridized carbons (Fsp3) is 1.00. The smallest absolute Gasteiger partial charge is 0.0599 e. The van der Waals surface area contributed by atoms with E-state index in [4.69, 9.17) is 5.11 Å². The minimum Gasteiger partial charge on any atom is -0.395 e. The third-order valence-electron chi connectivity index (χ3n) is 2.10. The summed E-state index contributed by atoms with van der Waals surface area (Å²) in [5, 5.41) is 12.2. The van der Waals surface area contributed by atoms with Crippen molar-refractivity contribution >= 4 is 0 Å². The molecule has 0 aromatic rings. The summed E-state index contributed by atoms with van der Waals surface area (Å²) in [5.74, 6) is 0. The van der Waals surface area contributed by atoms with Gasteiger partial charge >= 0.3 is 0 Å². The fourth-order valence-electron chi connectivity index (χ4n) is 1.34. The molecule has 0 amide bonds. The molecule has 0 aliphatic carbocycles. The molecular weight excluding hydrogens is 128 g/mol. The Labute approximate surface area is 62.0 Å². The highest BCUT2D eigenvalue weighted by atomic mass is 16.3. The second-order valence-electron chi connectivity index (χ2n) is 3.09. The highest BCUT2D eigenvalue weighted by Crippen LogP contribution is 2.02. The molecule has 10 heavy (non-hydrogen) atoms. The van der Waals surface area contributed by atoms with Crippen LogP contribution in [0.2, 0.25) is 0 Å². The van der Waals surface area contributed by atoms with Crippen LogP contribution in [0.4, 0.5) is 0 Å². The number of likely N-dealkylation sites (N-methyl/N-ethyl adjacent to an activating group) is 1. The van der Waals surface area contributed by atoms with Crippen LogP contribution in [0.3, 0.4) is 0 Å². The number of aliphatic hydroxyl groups is 1. The van der Waals surface area contributed by atoms with Gasteiger partial charge in [-0.15, -0.1) is 0 Å². The van der Waals surface area contributed by atoms with Gasteiger partial charge in [0.05, 0.1) is 6.61 Å². The van der Waals surface area contributed by atoms with E-state index in [-0.39, 0.29) is 6.61 Å². The van der Waals surface area contributed by atoms with Crippen molar-refractivity contribution in [2.75, 3.05) is 26.7 Å². The van der Waals surface area contributed by atoms with E-state index in [9.17, 15) is 0 Å². The van der Waals surface area contributed by atoms with E-state index < -0.39 is 0 Å². The zero-order valence-electron chi connectivity index (χ0n) is 6.67. The van der Waals surface area contributed by atoms with Crippen molar-refractivity contribution < 1.29 is 5.11 Å².